The quantitative estimate of drug-likeness (QED) is 0.783. The van der Waals surface area contributed by atoms with Crippen LogP contribution in [0.2, 0.25) is 5.02 Å². The Balaban J connectivity index is 2.08. The van der Waals surface area contributed by atoms with Crippen LogP contribution in [0.4, 0.5) is 0 Å². The molecule has 0 saturated carbocycles. The molecular weight excluding hydrogens is 264 g/mol. The van der Waals surface area contributed by atoms with Crippen LogP contribution >= 0.6 is 11.6 Å². The molecule has 0 spiro atoms. The van der Waals surface area contributed by atoms with Gasteiger partial charge in [0.25, 0.3) is 0 Å². The molecule has 0 N–H and O–H groups in total. The molecule has 0 unspecified atom stereocenters. The van der Waals surface area contributed by atoms with Gasteiger partial charge in [-0.05, 0) is 24.3 Å². The van der Waals surface area contributed by atoms with Gasteiger partial charge in [0.2, 0.25) is 5.78 Å². The summed E-state index contributed by atoms with van der Waals surface area (Å²) in [6.07, 6.45) is 0. The third kappa shape index (κ3) is 3.26. The Labute approximate surface area is 116 Å². The summed E-state index contributed by atoms with van der Waals surface area (Å²) in [5.74, 6) is 0.875. The zero-order valence-electron chi connectivity index (χ0n) is 10.4. The van der Waals surface area contributed by atoms with E-state index in [-0.39, 0.29) is 12.4 Å². The smallest absolute Gasteiger partial charge is 0.203 e. The van der Waals surface area contributed by atoms with Gasteiger partial charge >= 0.3 is 0 Å². The van der Waals surface area contributed by atoms with Crippen molar-refractivity contribution in [3.63, 3.8) is 0 Å². The topological polar surface area (TPSA) is 35.5 Å². The van der Waals surface area contributed by atoms with Crippen LogP contribution in [0.5, 0.6) is 11.5 Å². The summed E-state index contributed by atoms with van der Waals surface area (Å²) in [5, 5.41) is 0.482. The Bertz CT molecular complexity index is 581. The number of para-hydroxylation sites is 2. The Hall–Kier alpha value is -2.00. The predicted octanol–water partition coefficient (Wildman–Crippen LogP) is 3.61. The number of hydrogen-bond acceptors (Lipinski definition) is 3. The third-order valence-electron chi connectivity index (χ3n) is 2.60. The largest absolute Gasteiger partial charge is 0.496 e. The van der Waals surface area contributed by atoms with E-state index in [0.717, 1.165) is 0 Å². The van der Waals surface area contributed by atoms with Crippen LogP contribution in [0.3, 0.4) is 0 Å². The molecule has 0 amide bonds. The first kappa shape index (κ1) is 13.4. The van der Waals surface area contributed by atoms with Crippen LogP contribution in [-0.2, 0) is 0 Å². The van der Waals surface area contributed by atoms with Crippen LogP contribution in [0.15, 0.2) is 48.5 Å². The van der Waals surface area contributed by atoms with Crippen molar-refractivity contribution >= 4 is 17.4 Å². The van der Waals surface area contributed by atoms with E-state index in [4.69, 9.17) is 21.1 Å². The maximum atomic E-state index is 12.1. The minimum Gasteiger partial charge on any atom is -0.496 e. The van der Waals surface area contributed by atoms with Crippen LogP contribution in [-0.4, -0.2) is 19.5 Å². The Kier molecular flexibility index (Phi) is 4.42. The molecule has 0 heterocycles. The molecule has 0 aliphatic rings. The molecule has 0 saturated heterocycles. The monoisotopic (exact) mass is 276 g/mol. The van der Waals surface area contributed by atoms with Gasteiger partial charge in [0.1, 0.15) is 11.5 Å². The maximum absolute atomic E-state index is 12.1. The molecule has 0 radical (unpaired) electrons. The summed E-state index contributed by atoms with van der Waals surface area (Å²) in [7, 11) is 1.53. The lowest BCUT2D eigenvalue weighted by Crippen LogP contribution is -2.12. The molecule has 19 heavy (non-hydrogen) atoms. The minimum atomic E-state index is -0.155. The van der Waals surface area contributed by atoms with Crippen molar-refractivity contribution in [2.75, 3.05) is 13.7 Å². The standard InChI is InChI=1S/C15H13ClO3/c1-18-14-8-4-2-6-11(14)13(17)10-19-15-9-5-3-7-12(15)16/h2-9H,10H2,1H3. The van der Waals surface area contributed by atoms with E-state index in [1.165, 1.54) is 7.11 Å². The molecule has 0 bridgehead atoms. The lowest BCUT2D eigenvalue weighted by atomic mass is 10.1. The third-order valence-corrected chi connectivity index (χ3v) is 2.92. The lowest BCUT2D eigenvalue weighted by molar-refractivity contribution is 0.0918. The van der Waals surface area contributed by atoms with E-state index in [0.29, 0.717) is 22.1 Å². The van der Waals surface area contributed by atoms with Crippen molar-refractivity contribution in [1.82, 2.24) is 0 Å². The van der Waals surface area contributed by atoms with Crippen molar-refractivity contribution in [2.45, 2.75) is 0 Å². The van der Waals surface area contributed by atoms with Crippen molar-refractivity contribution in [3.8, 4) is 11.5 Å². The first-order valence-electron chi connectivity index (χ1n) is 5.76. The summed E-state index contributed by atoms with van der Waals surface area (Å²) in [5.41, 5.74) is 0.497. The number of methoxy groups -OCH3 is 1. The number of carbonyl (C=O) groups excluding carboxylic acids is 1. The van der Waals surface area contributed by atoms with Gasteiger partial charge in [-0.3, -0.25) is 4.79 Å². The molecule has 2 aromatic carbocycles. The number of halogens is 1. The van der Waals surface area contributed by atoms with E-state index in [9.17, 15) is 4.79 Å². The van der Waals surface area contributed by atoms with Gasteiger partial charge < -0.3 is 9.47 Å². The highest BCUT2D eigenvalue weighted by Crippen LogP contribution is 2.24. The first-order valence-corrected chi connectivity index (χ1v) is 6.13. The lowest BCUT2D eigenvalue weighted by Gasteiger charge is -2.09. The maximum Gasteiger partial charge on any atom is 0.203 e. The number of rotatable bonds is 5. The van der Waals surface area contributed by atoms with Gasteiger partial charge in [0.15, 0.2) is 6.61 Å². The van der Waals surface area contributed by atoms with Crippen molar-refractivity contribution in [3.05, 3.63) is 59.1 Å². The van der Waals surface area contributed by atoms with Gasteiger partial charge in [-0.15, -0.1) is 0 Å². The van der Waals surface area contributed by atoms with Gasteiger partial charge in [-0.2, -0.15) is 0 Å². The predicted molar refractivity (Wildman–Crippen MR) is 74.3 cm³/mol. The fourth-order valence-electron chi connectivity index (χ4n) is 1.66. The number of carbonyl (C=O) groups is 1. The van der Waals surface area contributed by atoms with Crippen molar-refractivity contribution in [1.29, 1.82) is 0 Å². The average molecular weight is 277 g/mol. The molecule has 0 fully saturated rings. The van der Waals surface area contributed by atoms with Crippen molar-refractivity contribution in [2.24, 2.45) is 0 Å². The normalized spacial score (nSPS) is 10.0. The highest BCUT2D eigenvalue weighted by Gasteiger charge is 2.12. The number of ketones is 1. The molecule has 0 aliphatic heterocycles. The fourth-order valence-corrected chi connectivity index (χ4v) is 1.85. The number of benzene rings is 2. The highest BCUT2D eigenvalue weighted by molar-refractivity contribution is 6.32. The van der Waals surface area contributed by atoms with Gasteiger partial charge in [-0.25, -0.2) is 0 Å². The average Bonchev–Trinajstić information content (AvgIpc) is 2.46. The number of Topliss-reactive ketones (excluding diaryl/α,β-unsaturated/α-hetero) is 1. The second-order valence-corrected chi connectivity index (χ2v) is 4.25. The summed E-state index contributed by atoms with van der Waals surface area (Å²) in [6, 6.07) is 14.1. The Morgan fingerprint density at radius 2 is 1.68 bits per heavy atom. The van der Waals surface area contributed by atoms with E-state index in [2.05, 4.69) is 0 Å². The molecular formula is C15H13ClO3. The van der Waals surface area contributed by atoms with E-state index in [1.807, 2.05) is 6.07 Å². The molecule has 0 aromatic heterocycles. The van der Waals surface area contributed by atoms with Crippen LogP contribution in [0.25, 0.3) is 0 Å². The second-order valence-electron chi connectivity index (χ2n) is 3.84. The van der Waals surface area contributed by atoms with Crippen LogP contribution < -0.4 is 9.47 Å². The Morgan fingerprint density at radius 3 is 2.37 bits per heavy atom. The van der Waals surface area contributed by atoms with Gasteiger partial charge in [0, 0.05) is 0 Å². The SMILES string of the molecule is COc1ccccc1C(=O)COc1ccccc1Cl. The number of hydrogen-bond donors (Lipinski definition) is 0. The molecule has 0 atom stereocenters. The highest BCUT2D eigenvalue weighted by atomic mass is 35.5. The summed E-state index contributed by atoms with van der Waals surface area (Å²) in [4.78, 5) is 12.1. The molecule has 0 aliphatic carbocycles. The molecule has 3 nitrogen and oxygen atoms in total. The molecule has 2 rings (SSSR count). The Morgan fingerprint density at radius 1 is 1.05 bits per heavy atom. The zero-order valence-corrected chi connectivity index (χ0v) is 11.2. The molecule has 4 heteroatoms. The molecule has 2 aromatic rings. The first-order chi connectivity index (χ1) is 9.22. The summed E-state index contributed by atoms with van der Waals surface area (Å²) < 4.78 is 10.6. The summed E-state index contributed by atoms with van der Waals surface area (Å²) in [6.45, 7) is -0.0793. The van der Waals surface area contributed by atoms with Crippen molar-refractivity contribution < 1.29 is 14.3 Å². The summed E-state index contributed by atoms with van der Waals surface area (Å²) >= 11 is 5.95. The van der Waals surface area contributed by atoms with Crippen LogP contribution in [0.1, 0.15) is 10.4 Å². The van der Waals surface area contributed by atoms with E-state index >= 15 is 0 Å². The molecule has 98 valence electrons. The van der Waals surface area contributed by atoms with Gasteiger partial charge in [-0.1, -0.05) is 35.9 Å². The second kappa shape index (κ2) is 6.25. The zero-order chi connectivity index (χ0) is 13.7. The van der Waals surface area contributed by atoms with E-state index in [1.54, 1.807) is 42.5 Å². The van der Waals surface area contributed by atoms with Gasteiger partial charge in [0.05, 0.1) is 17.7 Å². The fraction of sp³-hybridized carbons (Fsp3) is 0.133. The van der Waals surface area contributed by atoms with Crippen LogP contribution in [0, 0.1) is 0 Å². The number of ether oxygens (including phenoxy) is 2. The van der Waals surface area contributed by atoms with E-state index < -0.39 is 0 Å². The minimum absolute atomic E-state index is 0.0793.